The Labute approximate surface area is 138 Å². The summed E-state index contributed by atoms with van der Waals surface area (Å²) >= 11 is 4.15. The van der Waals surface area contributed by atoms with Gasteiger partial charge < -0.3 is 10.1 Å². The molecule has 1 heterocycles. The molecule has 0 aliphatic heterocycles. The lowest BCUT2D eigenvalue weighted by atomic mass is 9.95. The second-order valence-electron chi connectivity index (χ2n) is 4.80. The molecule has 2 rings (SSSR count). The van der Waals surface area contributed by atoms with Crippen LogP contribution in [0.1, 0.15) is 35.2 Å². The van der Waals surface area contributed by atoms with Crippen LogP contribution in [0.2, 0.25) is 0 Å². The predicted molar refractivity (Wildman–Crippen MR) is 95.0 cm³/mol. The molecule has 0 aliphatic rings. The molecular formula is C16H20INOS. The van der Waals surface area contributed by atoms with Gasteiger partial charge in [-0.3, -0.25) is 0 Å². The van der Waals surface area contributed by atoms with E-state index in [2.05, 4.69) is 72.3 Å². The zero-order chi connectivity index (χ0) is 14.7. The Morgan fingerprint density at radius 2 is 2.10 bits per heavy atom. The van der Waals surface area contributed by atoms with Gasteiger partial charge in [-0.15, -0.1) is 11.3 Å². The molecule has 0 fully saturated rings. The normalized spacial score (nSPS) is 12.4. The molecule has 2 aromatic rings. The lowest BCUT2D eigenvalue weighted by Gasteiger charge is -2.22. The van der Waals surface area contributed by atoms with E-state index >= 15 is 0 Å². The Balaban J connectivity index is 2.52. The quantitative estimate of drug-likeness (QED) is 0.735. The largest absolute Gasteiger partial charge is 0.496 e. The van der Waals surface area contributed by atoms with Gasteiger partial charge in [0.05, 0.1) is 16.0 Å². The highest BCUT2D eigenvalue weighted by Crippen LogP contribution is 2.35. The standard InChI is InChI=1S/C16H20INOS/c1-5-18-15(12-8-14(17)20-9-12)13-7-6-10(2)11(3)16(13)19-4/h6-9,15,18H,5H2,1-4H3. The molecule has 1 aromatic carbocycles. The van der Waals surface area contributed by atoms with Crippen LogP contribution in [-0.4, -0.2) is 13.7 Å². The predicted octanol–water partition coefficient (Wildman–Crippen LogP) is 4.68. The van der Waals surface area contributed by atoms with Crippen LogP contribution in [0.4, 0.5) is 0 Å². The van der Waals surface area contributed by atoms with Gasteiger partial charge in [-0.1, -0.05) is 19.1 Å². The van der Waals surface area contributed by atoms with E-state index in [1.165, 1.54) is 25.1 Å². The summed E-state index contributed by atoms with van der Waals surface area (Å²) in [5, 5.41) is 5.80. The first-order chi connectivity index (χ1) is 9.58. The summed E-state index contributed by atoms with van der Waals surface area (Å²) in [7, 11) is 1.76. The number of benzene rings is 1. The van der Waals surface area contributed by atoms with Gasteiger partial charge >= 0.3 is 0 Å². The third kappa shape index (κ3) is 3.18. The summed E-state index contributed by atoms with van der Waals surface area (Å²) in [4.78, 5) is 0. The number of methoxy groups -OCH3 is 1. The van der Waals surface area contributed by atoms with Crippen LogP contribution < -0.4 is 10.1 Å². The van der Waals surface area contributed by atoms with Crippen LogP contribution in [0.15, 0.2) is 23.6 Å². The van der Waals surface area contributed by atoms with Crippen LogP contribution >= 0.6 is 33.9 Å². The smallest absolute Gasteiger partial charge is 0.127 e. The molecule has 0 spiro atoms. The van der Waals surface area contributed by atoms with E-state index < -0.39 is 0 Å². The van der Waals surface area contributed by atoms with Crippen molar-refractivity contribution in [2.24, 2.45) is 0 Å². The lowest BCUT2D eigenvalue weighted by Crippen LogP contribution is -2.22. The van der Waals surface area contributed by atoms with E-state index in [1.54, 1.807) is 18.4 Å². The number of hydrogen-bond acceptors (Lipinski definition) is 3. The van der Waals surface area contributed by atoms with Crippen molar-refractivity contribution in [3.05, 3.63) is 48.7 Å². The molecule has 1 N–H and O–H groups in total. The van der Waals surface area contributed by atoms with Crippen LogP contribution in [0.25, 0.3) is 0 Å². The van der Waals surface area contributed by atoms with Gasteiger partial charge in [0.2, 0.25) is 0 Å². The third-order valence-corrected chi connectivity index (χ3v) is 5.36. The summed E-state index contributed by atoms with van der Waals surface area (Å²) in [6.07, 6.45) is 0. The molecule has 0 aliphatic carbocycles. The van der Waals surface area contributed by atoms with Crippen LogP contribution in [-0.2, 0) is 0 Å². The number of ether oxygens (including phenoxy) is 1. The van der Waals surface area contributed by atoms with Crippen LogP contribution in [0.3, 0.4) is 0 Å². The maximum absolute atomic E-state index is 5.67. The second kappa shape index (κ2) is 6.91. The third-order valence-electron chi connectivity index (χ3n) is 3.55. The average molecular weight is 401 g/mol. The van der Waals surface area contributed by atoms with Crippen molar-refractivity contribution in [2.45, 2.75) is 26.8 Å². The van der Waals surface area contributed by atoms with Crippen molar-refractivity contribution in [3.63, 3.8) is 0 Å². The Morgan fingerprint density at radius 3 is 2.65 bits per heavy atom. The van der Waals surface area contributed by atoms with Gasteiger partial charge in [0.1, 0.15) is 5.75 Å². The maximum atomic E-state index is 5.67. The molecule has 0 radical (unpaired) electrons. The number of halogens is 1. The van der Waals surface area contributed by atoms with Crippen molar-refractivity contribution in [2.75, 3.05) is 13.7 Å². The van der Waals surface area contributed by atoms with E-state index in [-0.39, 0.29) is 6.04 Å². The number of aryl methyl sites for hydroxylation is 1. The highest BCUT2D eigenvalue weighted by molar-refractivity contribution is 14.1. The first-order valence-corrected chi connectivity index (χ1v) is 8.65. The van der Waals surface area contributed by atoms with Gasteiger partial charge in [-0.2, -0.15) is 0 Å². The van der Waals surface area contributed by atoms with E-state index in [9.17, 15) is 0 Å². The van der Waals surface area contributed by atoms with Crippen molar-refractivity contribution < 1.29 is 4.74 Å². The molecule has 108 valence electrons. The Hall–Kier alpha value is -0.590. The summed E-state index contributed by atoms with van der Waals surface area (Å²) in [6, 6.07) is 6.79. The van der Waals surface area contributed by atoms with E-state index in [0.717, 1.165) is 12.3 Å². The van der Waals surface area contributed by atoms with Crippen molar-refractivity contribution >= 4 is 33.9 Å². The Bertz CT molecular complexity index is 594. The minimum absolute atomic E-state index is 0.189. The molecule has 0 bridgehead atoms. The van der Waals surface area contributed by atoms with Gasteiger partial charge in [0.25, 0.3) is 0 Å². The molecule has 1 aromatic heterocycles. The summed E-state index contributed by atoms with van der Waals surface area (Å²) in [6.45, 7) is 7.31. The fourth-order valence-electron chi connectivity index (χ4n) is 2.40. The molecule has 0 amide bonds. The molecule has 2 nitrogen and oxygen atoms in total. The molecule has 20 heavy (non-hydrogen) atoms. The Morgan fingerprint density at radius 1 is 1.35 bits per heavy atom. The summed E-state index contributed by atoms with van der Waals surface area (Å²) < 4.78 is 6.98. The van der Waals surface area contributed by atoms with Crippen molar-refractivity contribution in [1.29, 1.82) is 0 Å². The number of thiophene rings is 1. The zero-order valence-electron chi connectivity index (χ0n) is 12.3. The SMILES string of the molecule is CCNC(c1csc(I)c1)c1ccc(C)c(C)c1OC. The molecular weight excluding hydrogens is 381 g/mol. The molecule has 4 heteroatoms. The average Bonchev–Trinajstić information content (AvgIpc) is 2.86. The van der Waals surface area contributed by atoms with Crippen LogP contribution in [0.5, 0.6) is 5.75 Å². The number of nitrogens with one attached hydrogen (secondary N) is 1. The van der Waals surface area contributed by atoms with E-state index in [4.69, 9.17) is 4.74 Å². The first-order valence-electron chi connectivity index (χ1n) is 6.69. The number of hydrogen-bond donors (Lipinski definition) is 1. The topological polar surface area (TPSA) is 21.3 Å². The van der Waals surface area contributed by atoms with Gasteiger partial charge in [0.15, 0.2) is 0 Å². The second-order valence-corrected chi connectivity index (χ2v) is 7.61. The molecule has 0 saturated carbocycles. The lowest BCUT2D eigenvalue weighted by molar-refractivity contribution is 0.401. The fourth-order valence-corrected chi connectivity index (χ4v) is 3.79. The molecule has 1 atom stereocenters. The maximum Gasteiger partial charge on any atom is 0.127 e. The van der Waals surface area contributed by atoms with E-state index in [0.29, 0.717) is 0 Å². The van der Waals surface area contributed by atoms with Crippen LogP contribution in [0, 0.1) is 16.7 Å². The summed E-state index contributed by atoms with van der Waals surface area (Å²) in [5.41, 5.74) is 5.01. The fraction of sp³-hybridized carbons (Fsp3) is 0.375. The molecule has 0 saturated heterocycles. The minimum atomic E-state index is 0.189. The monoisotopic (exact) mass is 401 g/mol. The highest BCUT2D eigenvalue weighted by Gasteiger charge is 2.20. The minimum Gasteiger partial charge on any atom is -0.496 e. The van der Waals surface area contributed by atoms with Gasteiger partial charge in [-0.05, 0) is 71.1 Å². The Kier molecular flexibility index (Phi) is 5.46. The summed E-state index contributed by atoms with van der Waals surface area (Å²) in [5.74, 6) is 0.997. The molecule has 1 unspecified atom stereocenters. The first kappa shape index (κ1) is 15.8. The highest BCUT2D eigenvalue weighted by atomic mass is 127. The van der Waals surface area contributed by atoms with Crippen molar-refractivity contribution in [3.8, 4) is 5.75 Å². The van der Waals surface area contributed by atoms with E-state index in [1.807, 2.05) is 0 Å². The zero-order valence-corrected chi connectivity index (χ0v) is 15.3. The van der Waals surface area contributed by atoms with Crippen molar-refractivity contribution in [1.82, 2.24) is 5.32 Å². The number of rotatable bonds is 5. The van der Waals surface area contributed by atoms with Gasteiger partial charge in [0, 0.05) is 5.56 Å². The van der Waals surface area contributed by atoms with Gasteiger partial charge in [-0.25, -0.2) is 0 Å².